The number of nitrogens with one attached hydrogen (secondary N) is 1. The minimum atomic E-state index is 0.0860. The summed E-state index contributed by atoms with van der Waals surface area (Å²) in [5, 5.41) is 3.01. The zero-order chi connectivity index (χ0) is 14.2. The summed E-state index contributed by atoms with van der Waals surface area (Å²) in [5.41, 5.74) is 7.77. The van der Waals surface area contributed by atoms with Crippen LogP contribution in [0.5, 0.6) is 0 Å². The second kappa shape index (κ2) is 8.02. The number of benzene rings is 1. The average Bonchev–Trinajstić information content (AvgIpc) is 2.49. The first-order valence-electron chi connectivity index (χ1n) is 7.55. The number of amides is 1. The lowest BCUT2D eigenvalue weighted by atomic mass is 10.0. The van der Waals surface area contributed by atoms with E-state index >= 15 is 0 Å². The SMILES string of the molecule is NCc1ccccc1CC(=O)NCCN1CCCCC1. The van der Waals surface area contributed by atoms with Gasteiger partial charge in [-0.1, -0.05) is 30.7 Å². The molecule has 1 saturated heterocycles. The molecule has 0 spiro atoms. The van der Waals surface area contributed by atoms with Crippen molar-refractivity contribution in [1.82, 2.24) is 10.2 Å². The Morgan fingerprint density at radius 3 is 2.55 bits per heavy atom. The van der Waals surface area contributed by atoms with Gasteiger partial charge in [0.25, 0.3) is 0 Å². The van der Waals surface area contributed by atoms with E-state index < -0.39 is 0 Å². The molecule has 4 nitrogen and oxygen atoms in total. The van der Waals surface area contributed by atoms with Crippen molar-refractivity contribution in [3.63, 3.8) is 0 Å². The van der Waals surface area contributed by atoms with Gasteiger partial charge in [0.05, 0.1) is 6.42 Å². The van der Waals surface area contributed by atoms with Crippen molar-refractivity contribution < 1.29 is 4.79 Å². The van der Waals surface area contributed by atoms with Crippen molar-refractivity contribution in [2.75, 3.05) is 26.2 Å². The Kier molecular flexibility index (Phi) is 6.02. The average molecular weight is 275 g/mol. The van der Waals surface area contributed by atoms with Crippen LogP contribution in [0.15, 0.2) is 24.3 Å². The van der Waals surface area contributed by atoms with Gasteiger partial charge in [-0.3, -0.25) is 4.79 Å². The van der Waals surface area contributed by atoms with Crippen molar-refractivity contribution in [3.8, 4) is 0 Å². The highest BCUT2D eigenvalue weighted by molar-refractivity contribution is 5.78. The third-order valence-corrected chi connectivity index (χ3v) is 3.89. The molecular weight excluding hydrogens is 250 g/mol. The lowest BCUT2D eigenvalue weighted by Crippen LogP contribution is -2.38. The lowest BCUT2D eigenvalue weighted by Gasteiger charge is -2.26. The second-order valence-corrected chi connectivity index (χ2v) is 5.40. The monoisotopic (exact) mass is 275 g/mol. The van der Waals surface area contributed by atoms with E-state index in [1.165, 1.54) is 32.4 Å². The smallest absolute Gasteiger partial charge is 0.224 e. The van der Waals surface area contributed by atoms with E-state index in [2.05, 4.69) is 10.2 Å². The molecule has 3 N–H and O–H groups in total. The number of likely N-dealkylation sites (tertiary alicyclic amines) is 1. The van der Waals surface area contributed by atoms with Gasteiger partial charge < -0.3 is 16.0 Å². The molecule has 20 heavy (non-hydrogen) atoms. The molecule has 2 rings (SSSR count). The van der Waals surface area contributed by atoms with Gasteiger partial charge in [-0.05, 0) is 37.1 Å². The summed E-state index contributed by atoms with van der Waals surface area (Å²) in [6.45, 7) is 4.53. The Morgan fingerprint density at radius 2 is 1.85 bits per heavy atom. The largest absolute Gasteiger partial charge is 0.355 e. The van der Waals surface area contributed by atoms with Crippen molar-refractivity contribution in [2.45, 2.75) is 32.2 Å². The summed E-state index contributed by atoms with van der Waals surface area (Å²) in [7, 11) is 0. The maximum absolute atomic E-state index is 12.0. The molecular formula is C16H25N3O. The maximum Gasteiger partial charge on any atom is 0.224 e. The van der Waals surface area contributed by atoms with Gasteiger partial charge in [0.2, 0.25) is 5.91 Å². The molecule has 0 unspecified atom stereocenters. The van der Waals surface area contributed by atoms with Crippen molar-refractivity contribution in [2.24, 2.45) is 5.73 Å². The quantitative estimate of drug-likeness (QED) is 0.822. The van der Waals surface area contributed by atoms with E-state index in [9.17, 15) is 4.79 Å². The molecule has 1 aromatic rings. The normalized spacial score (nSPS) is 16.1. The van der Waals surface area contributed by atoms with E-state index in [1.807, 2.05) is 24.3 Å². The van der Waals surface area contributed by atoms with E-state index in [4.69, 9.17) is 5.73 Å². The third kappa shape index (κ3) is 4.62. The highest BCUT2D eigenvalue weighted by atomic mass is 16.1. The fraction of sp³-hybridized carbons (Fsp3) is 0.562. The van der Waals surface area contributed by atoms with Crippen LogP contribution < -0.4 is 11.1 Å². The summed E-state index contributed by atoms with van der Waals surface area (Å²) in [6, 6.07) is 7.87. The minimum absolute atomic E-state index is 0.0860. The molecule has 4 heteroatoms. The number of hydrogen-bond acceptors (Lipinski definition) is 3. The van der Waals surface area contributed by atoms with Gasteiger partial charge in [0, 0.05) is 19.6 Å². The Morgan fingerprint density at radius 1 is 1.15 bits per heavy atom. The number of carbonyl (C=O) groups excluding carboxylic acids is 1. The predicted octanol–water partition coefficient (Wildman–Crippen LogP) is 1.29. The Hall–Kier alpha value is -1.39. The minimum Gasteiger partial charge on any atom is -0.355 e. The molecule has 0 saturated carbocycles. The molecule has 0 aromatic heterocycles. The van der Waals surface area contributed by atoms with E-state index in [1.54, 1.807) is 0 Å². The number of carbonyl (C=O) groups is 1. The van der Waals surface area contributed by atoms with Crippen LogP contribution in [0.2, 0.25) is 0 Å². The zero-order valence-electron chi connectivity index (χ0n) is 12.1. The first-order valence-corrected chi connectivity index (χ1v) is 7.55. The van der Waals surface area contributed by atoms with Crippen LogP contribution in [-0.4, -0.2) is 37.0 Å². The van der Waals surface area contributed by atoms with Crippen LogP contribution in [0.1, 0.15) is 30.4 Å². The van der Waals surface area contributed by atoms with Crippen molar-refractivity contribution >= 4 is 5.91 Å². The molecule has 1 fully saturated rings. The molecule has 1 aliphatic rings. The zero-order valence-corrected chi connectivity index (χ0v) is 12.1. The van der Waals surface area contributed by atoms with E-state index in [0.717, 1.165) is 24.2 Å². The molecule has 110 valence electrons. The van der Waals surface area contributed by atoms with Crippen LogP contribution in [0.3, 0.4) is 0 Å². The highest BCUT2D eigenvalue weighted by Crippen LogP contribution is 2.09. The van der Waals surface area contributed by atoms with E-state index in [-0.39, 0.29) is 5.91 Å². The van der Waals surface area contributed by atoms with Gasteiger partial charge in [-0.15, -0.1) is 0 Å². The molecule has 0 aliphatic carbocycles. The van der Waals surface area contributed by atoms with Gasteiger partial charge in [-0.2, -0.15) is 0 Å². The van der Waals surface area contributed by atoms with Crippen LogP contribution in [0, 0.1) is 0 Å². The van der Waals surface area contributed by atoms with Crippen LogP contribution in [-0.2, 0) is 17.8 Å². The van der Waals surface area contributed by atoms with Gasteiger partial charge >= 0.3 is 0 Å². The summed E-state index contributed by atoms with van der Waals surface area (Å²) in [5.74, 6) is 0.0860. The third-order valence-electron chi connectivity index (χ3n) is 3.89. The van der Waals surface area contributed by atoms with Crippen molar-refractivity contribution in [1.29, 1.82) is 0 Å². The second-order valence-electron chi connectivity index (χ2n) is 5.40. The number of nitrogens with two attached hydrogens (primary N) is 1. The van der Waals surface area contributed by atoms with Gasteiger partial charge in [-0.25, -0.2) is 0 Å². The number of piperidine rings is 1. The van der Waals surface area contributed by atoms with Crippen LogP contribution in [0.4, 0.5) is 0 Å². The molecule has 1 aliphatic heterocycles. The van der Waals surface area contributed by atoms with Crippen LogP contribution in [0.25, 0.3) is 0 Å². The molecule has 1 amide bonds. The summed E-state index contributed by atoms with van der Waals surface area (Å²) < 4.78 is 0. The highest BCUT2D eigenvalue weighted by Gasteiger charge is 2.10. The summed E-state index contributed by atoms with van der Waals surface area (Å²) in [6.07, 6.45) is 4.35. The van der Waals surface area contributed by atoms with Crippen molar-refractivity contribution in [3.05, 3.63) is 35.4 Å². The Balaban J connectivity index is 1.72. The molecule has 0 atom stereocenters. The fourth-order valence-electron chi connectivity index (χ4n) is 2.70. The van der Waals surface area contributed by atoms with Gasteiger partial charge in [0.15, 0.2) is 0 Å². The first-order chi connectivity index (χ1) is 9.79. The summed E-state index contributed by atoms with van der Waals surface area (Å²) in [4.78, 5) is 14.4. The number of nitrogens with zero attached hydrogens (tertiary/aromatic N) is 1. The molecule has 0 bridgehead atoms. The molecule has 1 heterocycles. The number of rotatable bonds is 6. The fourth-order valence-corrected chi connectivity index (χ4v) is 2.70. The Bertz CT molecular complexity index is 427. The van der Waals surface area contributed by atoms with Crippen LogP contribution >= 0.6 is 0 Å². The predicted molar refractivity (Wildman–Crippen MR) is 81.3 cm³/mol. The topological polar surface area (TPSA) is 58.4 Å². The number of hydrogen-bond donors (Lipinski definition) is 2. The maximum atomic E-state index is 12.0. The first kappa shape index (κ1) is 15.0. The Labute approximate surface area is 121 Å². The standard InChI is InChI=1S/C16H25N3O/c17-13-15-7-3-2-6-14(15)12-16(20)18-8-11-19-9-4-1-5-10-19/h2-3,6-7H,1,4-5,8-13,17H2,(H,18,20). The molecule has 1 aromatic carbocycles. The van der Waals surface area contributed by atoms with E-state index in [0.29, 0.717) is 13.0 Å². The lowest BCUT2D eigenvalue weighted by molar-refractivity contribution is -0.120. The molecule has 0 radical (unpaired) electrons. The van der Waals surface area contributed by atoms with Gasteiger partial charge in [0.1, 0.15) is 0 Å². The summed E-state index contributed by atoms with van der Waals surface area (Å²) >= 11 is 0.